The molecule has 1 aromatic rings. The molecular weight excluding hydrogens is 262 g/mol. The molecule has 0 aliphatic heterocycles. The molecule has 1 amide bonds. The van der Waals surface area contributed by atoms with Gasteiger partial charge in [0.2, 0.25) is 5.91 Å². The smallest absolute Gasteiger partial charge is 0.330 e. The number of esters is 1. The summed E-state index contributed by atoms with van der Waals surface area (Å²) in [6.07, 6.45) is 2.92. The number of ether oxygens (including phenoxy) is 1. The van der Waals surface area contributed by atoms with Crippen molar-refractivity contribution in [3.63, 3.8) is 0 Å². The summed E-state index contributed by atoms with van der Waals surface area (Å²) in [5, 5.41) is 15.6. The molecule has 110 valence electrons. The predicted molar refractivity (Wildman–Crippen MR) is 72.7 cm³/mol. The van der Waals surface area contributed by atoms with Crippen LogP contribution in [0.15, 0.2) is 6.08 Å². The molecule has 7 nitrogen and oxygen atoms in total. The number of hydrogen-bond acceptors (Lipinski definition) is 5. The third-order valence-corrected chi connectivity index (χ3v) is 2.95. The molecule has 2 N–H and O–H groups in total. The van der Waals surface area contributed by atoms with Crippen molar-refractivity contribution in [3.05, 3.63) is 23.0 Å². The van der Waals surface area contributed by atoms with Crippen LogP contribution in [0.25, 0.3) is 6.08 Å². The molecule has 0 saturated heterocycles. The molecule has 20 heavy (non-hydrogen) atoms. The molecule has 0 aliphatic carbocycles. The Hall–Kier alpha value is -2.15. The zero-order chi connectivity index (χ0) is 15.3. The molecule has 1 atom stereocenters. The van der Waals surface area contributed by atoms with Crippen LogP contribution in [0.1, 0.15) is 17.0 Å². The van der Waals surface area contributed by atoms with Crippen molar-refractivity contribution in [2.45, 2.75) is 19.9 Å². The Morgan fingerprint density at radius 1 is 1.50 bits per heavy atom. The maximum Gasteiger partial charge on any atom is 0.330 e. The normalized spacial score (nSPS) is 12.4. The standard InChI is InChI=1S/C13H19N3O4/c1-8-10(9(2)16(3)15-8)5-6-12(18)14-11(7-17)13(19)20-4/h5-6,11,17H,7H2,1-4H3,(H,14,18)/b6-5+. The Kier molecular flexibility index (Phi) is 5.45. The number of amides is 1. The van der Waals surface area contributed by atoms with Gasteiger partial charge in [0.1, 0.15) is 0 Å². The number of aliphatic hydroxyl groups excluding tert-OH is 1. The van der Waals surface area contributed by atoms with Crippen molar-refractivity contribution in [1.29, 1.82) is 0 Å². The van der Waals surface area contributed by atoms with Gasteiger partial charge in [-0.05, 0) is 19.9 Å². The van der Waals surface area contributed by atoms with Gasteiger partial charge < -0.3 is 15.2 Å². The van der Waals surface area contributed by atoms with Crippen molar-refractivity contribution < 1.29 is 19.4 Å². The predicted octanol–water partition coefficient (Wildman–Crippen LogP) is -0.300. The maximum atomic E-state index is 11.7. The fourth-order valence-corrected chi connectivity index (χ4v) is 1.73. The average molecular weight is 281 g/mol. The topological polar surface area (TPSA) is 93.4 Å². The van der Waals surface area contributed by atoms with E-state index in [-0.39, 0.29) is 0 Å². The van der Waals surface area contributed by atoms with E-state index in [4.69, 9.17) is 5.11 Å². The first kappa shape index (κ1) is 15.9. The molecule has 1 unspecified atom stereocenters. The Morgan fingerprint density at radius 3 is 2.60 bits per heavy atom. The molecule has 0 bridgehead atoms. The van der Waals surface area contributed by atoms with Crippen LogP contribution < -0.4 is 5.32 Å². The molecule has 0 saturated carbocycles. The van der Waals surface area contributed by atoms with Crippen molar-refractivity contribution in [1.82, 2.24) is 15.1 Å². The number of carbonyl (C=O) groups is 2. The fraction of sp³-hybridized carbons (Fsp3) is 0.462. The van der Waals surface area contributed by atoms with Crippen LogP contribution >= 0.6 is 0 Å². The van der Waals surface area contributed by atoms with Gasteiger partial charge in [-0.15, -0.1) is 0 Å². The number of aromatic nitrogens is 2. The van der Waals surface area contributed by atoms with Crippen LogP contribution in [-0.4, -0.2) is 46.5 Å². The quantitative estimate of drug-likeness (QED) is 0.571. The van der Waals surface area contributed by atoms with Crippen LogP contribution in [-0.2, 0) is 21.4 Å². The van der Waals surface area contributed by atoms with E-state index >= 15 is 0 Å². The second-order valence-electron chi connectivity index (χ2n) is 4.31. The number of nitrogens with one attached hydrogen (secondary N) is 1. The lowest BCUT2D eigenvalue weighted by molar-refractivity contribution is -0.145. The maximum absolute atomic E-state index is 11.7. The lowest BCUT2D eigenvalue weighted by Crippen LogP contribution is -2.43. The Balaban J connectivity index is 2.75. The molecular formula is C13H19N3O4. The summed E-state index contributed by atoms with van der Waals surface area (Å²) in [4.78, 5) is 22.9. The van der Waals surface area contributed by atoms with Gasteiger partial charge in [0.25, 0.3) is 0 Å². The van der Waals surface area contributed by atoms with E-state index in [9.17, 15) is 9.59 Å². The van der Waals surface area contributed by atoms with E-state index in [1.54, 1.807) is 10.8 Å². The van der Waals surface area contributed by atoms with Crippen LogP contribution in [0.5, 0.6) is 0 Å². The molecule has 1 aromatic heterocycles. The summed E-state index contributed by atoms with van der Waals surface area (Å²) in [5.74, 6) is -1.18. The zero-order valence-corrected chi connectivity index (χ0v) is 12.0. The number of aryl methyl sites for hydroxylation is 2. The SMILES string of the molecule is COC(=O)C(CO)NC(=O)/C=C/c1c(C)nn(C)c1C. The van der Waals surface area contributed by atoms with Gasteiger partial charge >= 0.3 is 5.97 Å². The Bertz CT molecular complexity index is 534. The number of aliphatic hydroxyl groups is 1. The third kappa shape index (κ3) is 3.67. The first-order valence-electron chi connectivity index (χ1n) is 6.08. The fourth-order valence-electron chi connectivity index (χ4n) is 1.73. The van der Waals surface area contributed by atoms with Gasteiger partial charge in [-0.25, -0.2) is 4.79 Å². The lowest BCUT2D eigenvalue weighted by Gasteiger charge is -2.11. The van der Waals surface area contributed by atoms with Crippen molar-refractivity contribution >= 4 is 18.0 Å². The second kappa shape index (κ2) is 6.85. The Labute approximate surface area is 117 Å². The zero-order valence-electron chi connectivity index (χ0n) is 12.0. The number of rotatable bonds is 5. The van der Waals surface area contributed by atoms with Crippen molar-refractivity contribution in [2.24, 2.45) is 7.05 Å². The lowest BCUT2D eigenvalue weighted by atomic mass is 10.2. The van der Waals surface area contributed by atoms with Crippen LogP contribution in [0.3, 0.4) is 0 Å². The largest absolute Gasteiger partial charge is 0.467 e. The van der Waals surface area contributed by atoms with E-state index in [0.29, 0.717) is 0 Å². The van der Waals surface area contributed by atoms with Gasteiger partial charge in [-0.2, -0.15) is 5.10 Å². The average Bonchev–Trinajstić information content (AvgIpc) is 2.66. The van der Waals surface area contributed by atoms with E-state index < -0.39 is 24.5 Å². The minimum absolute atomic E-state index is 0.489. The molecule has 0 aliphatic rings. The number of nitrogens with zero attached hydrogens (tertiary/aromatic N) is 2. The van der Waals surface area contributed by atoms with Crippen LogP contribution in [0, 0.1) is 13.8 Å². The molecule has 1 rings (SSSR count). The second-order valence-corrected chi connectivity index (χ2v) is 4.31. The molecule has 0 spiro atoms. The molecule has 0 radical (unpaired) electrons. The molecule has 7 heteroatoms. The van der Waals surface area contributed by atoms with Crippen molar-refractivity contribution in [3.8, 4) is 0 Å². The van der Waals surface area contributed by atoms with E-state index in [0.717, 1.165) is 17.0 Å². The van der Waals surface area contributed by atoms with E-state index in [2.05, 4.69) is 15.2 Å². The highest BCUT2D eigenvalue weighted by atomic mass is 16.5. The summed E-state index contributed by atoms with van der Waals surface area (Å²) in [6.45, 7) is 3.22. The highest BCUT2D eigenvalue weighted by molar-refractivity contribution is 5.94. The van der Waals surface area contributed by atoms with E-state index in [1.165, 1.54) is 13.2 Å². The monoisotopic (exact) mass is 281 g/mol. The van der Waals surface area contributed by atoms with E-state index in [1.807, 2.05) is 20.9 Å². The summed E-state index contributed by atoms with van der Waals surface area (Å²) in [6, 6.07) is -1.06. The first-order valence-corrected chi connectivity index (χ1v) is 6.08. The third-order valence-electron chi connectivity index (χ3n) is 2.95. The minimum atomic E-state index is -1.06. The van der Waals surface area contributed by atoms with Gasteiger partial charge in [0.05, 0.1) is 19.4 Å². The van der Waals surface area contributed by atoms with Gasteiger partial charge in [0.15, 0.2) is 6.04 Å². The van der Waals surface area contributed by atoms with Gasteiger partial charge in [0, 0.05) is 24.4 Å². The Morgan fingerprint density at radius 2 is 2.15 bits per heavy atom. The summed E-state index contributed by atoms with van der Waals surface area (Å²) in [7, 11) is 3.01. The van der Waals surface area contributed by atoms with Gasteiger partial charge in [-0.1, -0.05) is 0 Å². The summed E-state index contributed by atoms with van der Waals surface area (Å²) in [5.41, 5.74) is 2.58. The van der Waals surface area contributed by atoms with Crippen LogP contribution in [0.2, 0.25) is 0 Å². The molecule has 1 heterocycles. The number of hydrogen-bond donors (Lipinski definition) is 2. The number of carbonyl (C=O) groups excluding carboxylic acids is 2. The number of methoxy groups -OCH3 is 1. The van der Waals surface area contributed by atoms with Crippen molar-refractivity contribution in [2.75, 3.05) is 13.7 Å². The molecule has 0 fully saturated rings. The van der Waals surface area contributed by atoms with Crippen LogP contribution in [0.4, 0.5) is 0 Å². The highest BCUT2D eigenvalue weighted by Crippen LogP contribution is 2.13. The highest BCUT2D eigenvalue weighted by Gasteiger charge is 2.19. The van der Waals surface area contributed by atoms with Gasteiger partial charge in [-0.3, -0.25) is 9.48 Å². The summed E-state index contributed by atoms with van der Waals surface area (Å²) < 4.78 is 6.18. The minimum Gasteiger partial charge on any atom is -0.467 e. The molecule has 0 aromatic carbocycles. The summed E-state index contributed by atoms with van der Waals surface area (Å²) >= 11 is 0. The first-order chi connectivity index (χ1) is 9.40.